The van der Waals surface area contributed by atoms with Gasteiger partial charge in [0.05, 0.1) is 5.52 Å². The Bertz CT molecular complexity index is 839. The SMILES string of the molecule is CCOCCCNC(=O)c1cc2c(C)nc3ccccc3c2o1. The van der Waals surface area contributed by atoms with E-state index in [0.29, 0.717) is 31.1 Å². The van der Waals surface area contributed by atoms with E-state index in [9.17, 15) is 4.79 Å². The predicted molar refractivity (Wildman–Crippen MR) is 89.7 cm³/mol. The molecule has 120 valence electrons. The van der Waals surface area contributed by atoms with Crippen molar-refractivity contribution < 1.29 is 13.9 Å². The Kier molecular flexibility index (Phi) is 4.57. The first-order valence-electron chi connectivity index (χ1n) is 7.85. The highest BCUT2D eigenvalue weighted by Crippen LogP contribution is 2.28. The summed E-state index contributed by atoms with van der Waals surface area (Å²) in [6.07, 6.45) is 0.781. The number of pyridine rings is 1. The lowest BCUT2D eigenvalue weighted by Gasteiger charge is -2.03. The van der Waals surface area contributed by atoms with E-state index in [0.717, 1.165) is 28.4 Å². The molecule has 1 aromatic carbocycles. The number of aromatic nitrogens is 1. The van der Waals surface area contributed by atoms with E-state index in [1.165, 1.54) is 0 Å². The van der Waals surface area contributed by atoms with Crippen LogP contribution in [-0.4, -0.2) is 30.6 Å². The van der Waals surface area contributed by atoms with Crippen LogP contribution in [0.1, 0.15) is 29.6 Å². The second-order valence-corrected chi connectivity index (χ2v) is 5.37. The van der Waals surface area contributed by atoms with Crippen molar-refractivity contribution >= 4 is 27.8 Å². The summed E-state index contributed by atoms with van der Waals surface area (Å²) in [5, 5.41) is 4.65. The van der Waals surface area contributed by atoms with Crippen LogP contribution in [0.15, 0.2) is 34.7 Å². The zero-order valence-corrected chi connectivity index (χ0v) is 13.4. The van der Waals surface area contributed by atoms with Crippen molar-refractivity contribution in [1.82, 2.24) is 10.3 Å². The maximum Gasteiger partial charge on any atom is 0.287 e. The van der Waals surface area contributed by atoms with Crippen molar-refractivity contribution in [3.63, 3.8) is 0 Å². The summed E-state index contributed by atoms with van der Waals surface area (Å²) in [6.45, 7) is 5.77. The van der Waals surface area contributed by atoms with Gasteiger partial charge in [-0.1, -0.05) is 12.1 Å². The number of benzene rings is 1. The zero-order valence-electron chi connectivity index (χ0n) is 13.4. The molecule has 2 aromatic heterocycles. The number of amides is 1. The summed E-state index contributed by atoms with van der Waals surface area (Å²) in [5.74, 6) is 0.110. The van der Waals surface area contributed by atoms with Crippen LogP contribution in [0.5, 0.6) is 0 Å². The van der Waals surface area contributed by atoms with E-state index >= 15 is 0 Å². The zero-order chi connectivity index (χ0) is 16.2. The minimum absolute atomic E-state index is 0.207. The quantitative estimate of drug-likeness (QED) is 0.708. The van der Waals surface area contributed by atoms with E-state index in [-0.39, 0.29) is 5.91 Å². The van der Waals surface area contributed by atoms with Gasteiger partial charge < -0.3 is 14.5 Å². The van der Waals surface area contributed by atoms with Gasteiger partial charge in [-0.15, -0.1) is 0 Å². The molecule has 1 amide bonds. The molecule has 0 aliphatic rings. The second-order valence-electron chi connectivity index (χ2n) is 5.37. The third kappa shape index (κ3) is 3.19. The van der Waals surface area contributed by atoms with E-state index in [4.69, 9.17) is 9.15 Å². The van der Waals surface area contributed by atoms with Gasteiger partial charge in [-0.3, -0.25) is 9.78 Å². The molecule has 3 aromatic rings. The molecule has 23 heavy (non-hydrogen) atoms. The maximum atomic E-state index is 12.2. The number of rotatable bonds is 6. The van der Waals surface area contributed by atoms with E-state index in [1.807, 2.05) is 38.1 Å². The number of furan rings is 1. The van der Waals surface area contributed by atoms with Gasteiger partial charge in [-0.25, -0.2) is 0 Å². The summed E-state index contributed by atoms with van der Waals surface area (Å²) in [4.78, 5) is 16.8. The topological polar surface area (TPSA) is 64.4 Å². The van der Waals surface area contributed by atoms with Crippen molar-refractivity contribution in [3.8, 4) is 0 Å². The monoisotopic (exact) mass is 312 g/mol. The molecule has 0 spiro atoms. The molecule has 2 heterocycles. The fourth-order valence-electron chi connectivity index (χ4n) is 2.58. The average molecular weight is 312 g/mol. The van der Waals surface area contributed by atoms with Gasteiger partial charge in [0.25, 0.3) is 5.91 Å². The van der Waals surface area contributed by atoms with Crippen molar-refractivity contribution in [1.29, 1.82) is 0 Å². The fraction of sp³-hybridized carbons (Fsp3) is 0.333. The van der Waals surface area contributed by atoms with Gasteiger partial charge in [-0.2, -0.15) is 0 Å². The standard InChI is InChI=1S/C18H20N2O3/c1-3-22-10-6-9-19-18(21)16-11-14-12(2)20-15-8-5-4-7-13(15)17(14)23-16/h4-5,7-8,11H,3,6,9-10H2,1-2H3,(H,19,21). The molecule has 0 radical (unpaired) electrons. The summed E-state index contributed by atoms with van der Waals surface area (Å²) in [7, 11) is 0. The molecule has 0 bridgehead atoms. The number of nitrogens with one attached hydrogen (secondary N) is 1. The van der Waals surface area contributed by atoms with Crippen LogP contribution in [0.25, 0.3) is 21.9 Å². The van der Waals surface area contributed by atoms with Crippen LogP contribution in [-0.2, 0) is 4.74 Å². The Labute approximate surface area is 134 Å². The first kappa shape index (κ1) is 15.5. The molecular formula is C18H20N2O3. The molecule has 0 saturated heterocycles. The molecule has 0 unspecified atom stereocenters. The Morgan fingerprint density at radius 1 is 1.30 bits per heavy atom. The van der Waals surface area contributed by atoms with Gasteiger partial charge in [0, 0.05) is 36.2 Å². The first-order valence-corrected chi connectivity index (χ1v) is 7.85. The first-order chi connectivity index (χ1) is 11.2. The number of hydrogen-bond donors (Lipinski definition) is 1. The summed E-state index contributed by atoms with van der Waals surface area (Å²) < 4.78 is 11.1. The number of aryl methyl sites for hydroxylation is 1. The third-order valence-electron chi connectivity index (χ3n) is 3.74. The van der Waals surface area contributed by atoms with Gasteiger partial charge in [-0.05, 0) is 38.5 Å². The van der Waals surface area contributed by atoms with Gasteiger partial charge >= 0.3 is 0 Å². The van der Waals surface area contributed by atoms with E-state index in [2.05, 4.69) is 10.3 Å². The van der Waals surface area contributed by atoms with Crippen molar-refractivity contribution in [2.24, 2.45) is 0 Å². The highest BCUT2D eigenvalue weighted by molar-refractivity contribution is 6.06. The number of carbonyl (C=O) groups is 1. The van der Waals surface area contributed by atoms with Crippen molar-refractivity contribution in [3.05, 3.63) is 41.8 Å². The smallest absolute Gasteiger partial charge is 0.287 e. The molecule has 1 N–H and O–H groups in total. The third-order valence-corrected chi connectivity index (χ3v) is 3.74. The number of fused-ring (bicyclic) bond motifs is 3. The van der Waals surface area contributed by atoms with Gasteiger partial charge in [0.2, 0.25) is 0 Å². The largest absolute Gasteiger partial charge is 0.450 e. The van der Waals surface area contributed by atoms with Crippen LogP contribution in [0, 0.1) is 6.92 Å². The number of para-hydroxylation sites is 1. The van der Waals surface area contributed by atoms with E-state index in [1.54, 1.807) is 6.07 Å². The number of nitrogens with zero attached hydrogens (tertiary/aromatic N) is 1. The highest BCUT2D eigenvalue weighted by atomic mass is 16.5. The van der Waals surface area contributed by atoms with Crippen LogP contribution < -0.4 is 5.32 Å². The average Bonchev–Trinajstić information content (AvgIpc) is 3.01. The Balaban J connectivity index is 1.84. The highest BCUT2D eigenvalue weighted by Gasteiger charge is 2.16. The predicted octanol–water partition coefficient (Wildman–Crippen LogP) is 3.45. The Hall–Kier alpha value is -2.40. The second kappa shape index (κ2) is 6.79. The fourth-order valence-corrected chi connectivity index (χ4v) is 2.58. The Morgan fingerprint density at radius 2 is 2.13 bits per heavy atom. The normalized spacial score (nSPS) is 11.2. The lowest BCUT2D eigenvalue weighted by atomic mass is 10.1. The molecule has 0 aliphatic heterocycles. The van der Waals surface area contributed by atoms with Crippen LogP contribution >= 0.6 is 0 Å². The summed E-state index contributed by atoms with van der Waals surface area (Å²) >= 11 is 0. The lowest BCUT2D eigenvalue weighted by molar-refractivity contribution is 0.0919. The molecule has 0 atom stereocenters. The number of carbonyl (C=O) groups excluding carboxylic acids is 1. The number of hydrogen-bond acceptors (Lipinski definition) is 4. The van der Waals surface area contributed by atoms with Crippen molar-refractivity contribution in [2.45, 2.75) is 20.3 Å². The minimum atomic E-state index is -0.207. The number of ether oxygens (including phenoxy) is 1. The molecule has 3 rings (SSSR count). The van der Waals surface area contributed by atoms with Crippen LogP contribution in [0.2, 0.25) is 0 Å². The molecule has 5 nitrogen and oxygen atoms in total. The molecule has 0 aliphatic carbocycles. The minimum Gasteiger partial charge on any atom is -0.450 e. The van der Waals surface area contributed by atoms with Crippen LogP contribution in [0.4, 0.5) is 0 Å². The van der Waals surface area contributed by atoms with E-state index < -0.39 is 0 Å². The molecule has 0 fully saturated rings. The molecule has 5 heteroatoms. The molecule has 0 saturated carbocycles. The molecular weight excluding hydrogens is 292 g/mol. The van der Waals surface area contributed by atoms with Gasteiger partial charge in [0.15, 0.2) is 5.76 Å². The summed E-state index contributed by atoms with van der Waals surface area (Å²) in [6, 6.07) is 9.54. The lowest BCUT2D eigenvalue weighted by Crippen LogP contribution is -2.24. The van der Waals surface area contributed by atoms with Crippen molar-refractivity contribution in [2.75, 3.05) is 19.8 Å². The Morgan fingerprint density at radius 3 is 2.96 bits per heavy atom. The maximum absolute atomic E-state index is 12.2. The van der Waals surface area contributed by atoms with Crippen LogP contribution in [0.3, 0.4) is 0 Å². The van der Waals surface area contributed by atoms with Gasteiger partial charge in [0.1, 0.15) is 5.58 Å². The summed E-state index contributed by atoms with van der Waals surface area (Å²) in [5.41, 5.74) is 2.45.